The number of aromatic nitrogens is 5. The monoisotopic (exact) mass is 207 g/mol. The van der Waals surface area contributed by atoms with Crippen molar-refractivity contribution < 1.29 is 9.84 Å². The Balaban J connectivity index is 2.43. The second kappa shape index (κ2) is 4.01. The summed E-state index contributed by atoms with van der Waals surface area (Å²) in [6.45, 7) is -0.119. The van der Waals surface area contributed by atoms with Gasteiger partial charge in [0.15, 0.2) is 5.82 Å². The molecule has 0 radical (unpaired) electrons. The number of pyridine rings is 1. The highest BCUT2D eigenvalue weighted by atomic mass is 16.5. The predicted molar refractivity (Wildman–Crippen MR) is 49.4 cm³/mol. The normalized spacial score (nSPS) is 10.3. The number of hydrogen-bond acceptors (Lipinski definition) is 6. The van der Waals surface area contributed by atoms with Gasteiger partial charge in [0.05, 0.1) is 13.7 Å². The van der Waals surface area contributed by atoms with E-state index in [0.29, 0.717) is 17.1 Å². The van der Waals surface area contributed by atoms with Gasteiger partial charge in [-0.05, 0) is 10.4 Å². The van der Waals surface area contributed by atoms with E-state index in [4.69, 9.17) is 9.84 Å². The molecule has 0 bridgehead atoms. The van der Waals surface area contributed by atoms with Crippen LogP contribution in [0.2, 0.25) is 0 Å². The first kappa shape index (κ1) is 9.53. The molecule has 15 heavy (non-hydrogen) atoms. The Labute approximate surface area is 85.3 Å². The summed E-state index contributed by atoms with van der Waals surface area (Å²) < 4.78 is 6.50. The lowest BCUT2D eigenvalue weighted by atomic mass is 10.2. The highest BCUT2D eigenvalue weighted by Crippen LogP contribution is 2.19. The molecule has 0 atom stereocenters. The van der Waals surface area contributed by atoms with Gasteiger partial charge in [0.25, 0.3) is 0 Å². The molecule has 0 unspecified atom stereocenters. The van der Waals surface area contributed by atoms with Gasteiger partial charge in [-0.3, -0.25) is 0 Å². The summed E-state index contributed by atoms with van der Waals surface area (Å²) in [5.74, 6) is 1.09. The van der Waals surface area contributed by atoms with Gasteiger partial charge in [-0.2, -0.15) is 4.68 Å². The van der Waals surface area contributed by atoms with E-state index in [1.807, 2.05) is 0 Å². The summed E-state index contributed by atoms with van der Waals surface area (Å²) >= 11 is 0. The van der Waals surface area contributed by atoms with Gasteiger partial charge >= 0.3 is 0 Å². The van der Waals surface area contributed by atoms with Gasteiger partial charge in [0, 0.05) is 17.8 Å². The van der Waals surface area contributed by atoms with Gasteiger partial charge in [-0.25, -0.2) is 4.98 Å². The summed E-state index contributed by atoms with van der Waals surface area (Å²) in [5.41, 5.74) is 0.620. The van der Waals surface area contributed by atoms with Gasteiger partial charge in [-0.15, -0.1) is 5.10 Å². The number of rotatable bonds is 3. The van der Waals surface area contributed by atoms with Crippen molar-refractivity contribution in [3.8, 4) is 11.6 Å². The summed E-state index contributed by atoms with van der Waals surface area (Å²) in [6, 6.07) is 1.65. The first-order valence-corrected chi connectivity index (χ1v) is 4.22. The third-order valence-corrected chi connectivity index (χ3v) is 1.90. The fraction of sp³-hybridized carbons (Fsp3) is 0.250. The highest BCUT2D eigenvalue weighted by Gasteiger charge is 2.06. The van der Waals surface area contributed by atoms with Crippen molar-refractivity contribution in [2.75, 3.05) is 7.11 Å². The zero-order chi connectivity index (χ0) is 10.7. The van der Waals surface area contributed by atoms with Gasteiger partial charge < -0.3 is 9.84 Å². The van der Waals surface area contributed by atoms with Crippen molar-refractivity contribution in [2.45, 2.75) is 6.61 Å². The molecule has 2 heterocycles. The van der Waals surface area contributed by atoms with Crippen LogP contribution in [0.3, 0.4) is 0 Å². The second-order valence-corrected chi connectivity index (χ2v) is 2.77. The first-order valence-electron chi connectivity index (χ1n) is 4.22. The molecule has 1 N–H and O–H groups in total. The fourth-order valence-corrected chi connectivity index (χ4v) is 1.16. The molecular weight excluding hydrogens is 198 g/mol. The minimum absolute atomic E-state index is 0.119. The number of nitrogens with zero attached hydrogens (tertiary/aromatic N) is 5. The molecular formula is C8H9N5O2. The molecule has 7 heteroatoms. The zero-order valence-electron chi connectivity index (χ0n) is 8.03. The van der Waals surface area contributed by atoms with E-state index in [1.54, 1.807) is 6.07 Å². The summed E-state index contributed by atoms with van der Waals surface area (Å²) in [6.07, 6.45) is 2.95. The maximum Gasteiger partial charge on any atom is 0.160 e. The topological polar surface area (TPSA) is 86.0 Å². The van der Waals surface area contributed by atoms with Crippen LogP contribution in [-0.4, -0.2) is 37.4 Å². The molecule has 0 aliphatic rings. The Morgan fingerprint density at radius 2 is 2.40 bits per heavy atom. The molecule has 0 amide bonds. The van der Waals surface area contributed by atoms with E-state index in [0.717, 1.165) is 0 Å². The van der Waals surface area contributed by atoms with Crippen molar-refractivity contribution in [3.05, 3.63) is 24.2 Å². The molecule has 0 saturated heterocycles. The summed E-state index contributed by atoms with van der Waals surface area (Å²) in [5, 5.41) is 19.7. The Morgan fingerprint density at radius 3 is 3.00 bits per heavy atom. The molecule has 0 aliphatic heterocycles. The lowest BCUT2D eigenvalue weighted by Crippen LogP contribution is -2.01. The number of aliphatic hydroxyl groups excluding tert-OH is 1. The molecule has 78 valence electrons. The van der Waals surface area contributed by atoms with Crippen LogP contribution in [0.4, 0.5) is 0 Å². The van der Waals surface area contributed by atoms with Crippen molar-refractivity contribution in [3.63, 3.8) is 0 Å². The number of hydrogen-bond donors (Lipinski definition) is 1. The Hall–Kier alpha value is -2.02. The van der Waals surface area contributed by atoms with Crippen LogP contribution in [0.25, 0.3) is 5.82 Å². The summed E-state index contributed by atoms with van der Waals surface area (Å²) in [7, 11) is 1.53. The molecule has 0 aromatic carbocycles. The molecule has 2 rings (SSSR count). The third-order valence-electron chi connectivity index (χ3n) is 1.90. The standard InChI is InChI=1S/C8H9N5O2/c1-15-7-2-8(9-3-6(7)4-14)13-5-10-11-12-13/h2-3,5,14H,4H2,1H3. The maximum atomic E-state index is 9.00. The molecule has 2 aromatic rings. The van der Waals surface area contributed by atoms with E-state index >= 15 is 0 Å². The predicted octanol–water partition coefficient (Wildman–Crippen LogP) is -0.442. The van der Waals surface area contributed by atoms with E-state index in [1.165, 1.54) is 24.3 Å². The van der Waals surface area contributed by atoms with Crippen LogP contribution >= 0.6 is 0 Å². The van der Waals surface area contributed by atoms with Gasteiger partial charge in [0.1, 0.15) is 12.1 Å². The molecule has 2 aromatic heterocycles. The molecule has 0 spiro atoms. The largest absolute Gasteiger partial charge is 0.496 e. The number of aliphatic hydroxyl groups is 1. The maximum absolute atomic E-state index is 9.00. The minimum atomic E-state index is -0.119. The van der Waals surface area contributed by atoms with E-state index < -0.39 is 0 Å². The second-order valence-electron chi connectivity index (χ2n) is 2.77. The van der Waals surface area contributed by atoms with Crippen LogP contribution in [0.5, 0.6) is 5.75 Å². The van der Waals surface area contributed by atoms with Crippen molar-refractivity contribution in [1.29, 1.82) is 0 Å². The van der Waals surface area contributed by atoms with Crippen LogP contribution in [0.15, 0.2) is 18.6 Å². The SMILES string of the molecule is COc1cc(-n2cnnn2)ncc1CO. The lowest BCUT2D eigenvalue weighted by molar-refractivity contribution is 0.273. The van der Waals surface area contributed by atoms with Gasteiger partial charge in [-0.1, -0.05) is 0 Å². The molecule has 7 nitrogen and oxygen atoms in total. The minimum Gasteiger partial charge on any atom is -0.496 e. The van der Waals surface area contributed by atoms with Crippen molar-refractivity contribution in [1.82, 2.24) is 25.2 Å². The molecule has 0 aliphatic carbocycles. The van der Waals surface area contributed by atoms with Crippen LogP contribution in [0, 0.1) is 0 Å². The van der Waals surface area contributed by atoms with Crippen LogP contribution < -0.4 is 4.74 Å². The Kier molecular flexibility index (Phi) is 2.55. The number of ether oxygens (including phenoxy) is 1. The molecule has 0 saturated carbocycles. The third kappa shape index (κ3) is 1.77. The van der Waals surface area contributed by atoms with Crippen molar-refractivity contribution >= 4 is 0 Å². The number of tetrazole rings is 1. The lowest BCUT2D eigenvalue weighted by Gasteiger charge is -2.06. The average Bonchev–Trinajstić information content (AvgIpc) is 2.81. The van der Waals surface area contributed by atoms with Gasteiger partial charge in [0.2, 0.25) is 0 Å². The summed E-state index contributed by atoms with van der Waals surface area (Å²) in [4.78, 5) is 4.08. The Bertz CT molecular complexity index is 442. The first-order chi connectivity index (χ1) is 7.35. The van der Waals surface area contributed by atoms with E-state index in [2.05, 4.69) is 20.5 Å². The zero-order valence-corrected chi connectivity index (χ0v) is 8.03. The smallest absolute Gasteiger partial charge is 0.160 e. The quantitative estimate of drug-likeness (QED) is 0.734. The fourth-order valence-electron chi connectivity index (χ4n) is 1.16. The van der Waals surface area contributed by atoms with Crippen LogP contribution in [-0.2, 0) is 6.61 Å². The number of methoxy groups -OCH3 is 1. The van der Waals surface area contributed by atoms with E-state index in [9.17, 15) is 0 Å². The van der Waals surface area contributed by atoms with Crippen molar-refractivity contribution in [2.24, 2.45) is 0 Å². The average molecular weight is 207 g/mol. The molecule has 0 fully saturated rings. The Morgan fingerprint density at radius 1 is 1.53 bits per heavy atom. The van der Waals surface area contributed by atoms with Crippen LogP contribution in [0.1, 0.15) is 5.56 Å². The van der Waals surface area contributed by atoms with E-state index in [-0.39, 0.29) is 6.61 Å². The highest BCUT2D eigenvalue weighted by molar-refractivity contribution is 5.37.